The first-order chi connectivity index (χ1) is 7.74. The van der Waals surface area contributed by atoms with E-state index in [0.717, 1.165) is 19.4 Å². The molecular formula is C12H14FN3. The molecule has 3 nitrogen and oxygen atoms in total. The Bertz CT molecular complexity index is 413. The van der Waals surface area contributed by atoms with E-state index in [9.17, 15) is 4.39 Å². The average Bonchev–Trinajstić information content (AvgIpc) is 2.30. The van der Waals surface area contributed by atoms with Crippen molar-refractivity contribution < 1.29 is 4.39 Å². The lowest BCUT2D eigenvalue weighted by Gasteiger charge is -2.35. The molecule has 2 atom stereocenters. The maximum absolute atomic E-state index is 13.7. The molecule has 1 aliphatic rings. The number of likely N-dealkylation sites (tertiary alicyclic amines) is 1. The zero-order valence-corrected chi connectivity index (χ0v) is 9.23. The van der Waals surface area contributed by atoms with E-state index >= 15 is 0 Å². The van der Waals surface area contributed by atoms with Crippen LogP contribution in [-0.4, -0.2) is 23.5 Å². The van der Waals surface area contributed by atoms with Gasteiger partial charge in [-0.15, -0.1) is 0 Å². The lowest BCUT2D eigenvalue weighted by molar-refractivity contribution is 0.143. The van der Waals surface area contributed by atoms with E-state index in [4.69, 9.17) is 5.26 Å². The molecule has 2 heterocycles. The SMILES string of the molecule is CN1CCCC(C#N)C1c1ncccc1F. The molecule has 1 aliphatic heterocycles. The van der Waals surface area contributed by atoms with E-state index in [1.54, 1.807) is 12.3 Å². The maximum Gasteiger partial charge on any atom is 0.146 e. The van der Waals surface area contributed by atoms with Crippen LogP contribution in [0, 0.1) is 23.1 Å². The molecule has 2 rings (SSSR count). The van der Waals surface area contributed by atoms with Gasteiger partial charge in [0.2, 0.25) is 0 Å². The Balaban J connectivity index is 2.36. The number of nitriles is 1. The van der Waals surface area contributed by atoms with Gasteiger partial charge in [0.1, 0.15) is 5.82 Å². The minimum Gasteiger partial charge on any atom is -0.297 e. The maximum atomic E-state index is 13.7. The van der Waals surface area contributed by atoms with Crippen LogP contribution in [0.1, 0.15) is 24.6 Å². The van der Waals surface area contributed by atoms with Crippen molar-refractivity contribution in [3.8, 4) is 6.07 Å². The van der Waals surface area contributed by atoms with Crippen LogP contribution in [0.5, 0.6) is 0 Å². The van der Waals surface area contributed by atoms with Crippen molar-refractivity contribution in [3.63, 3.8) is 0 Å². The highest BCUT2D eigenvalue weighted by molar-refractivity contribution is 5.16. The van der Waals surface area contributed by atoms with Crippen molar-refractivity contribution in [2.24, 2.45) is 5.92 Å². The van der Waals surface area contributed by atoms with Crippen molar-refractivity contribution in [1.82, 2.24) is 9.88 Å². The highest BCUT2D eigenvalue weighted by Gasteiger charge is 2.33. The van der Waals surface area contributed by atoms with Crippen LogP contribution in [0.25, 0.3) is 0 Å². The molecule has 1 aromatic rings. The van der Waals surface area contributed by atoms with Gasteiger partial charge in [-0.25, -0.2) is 4.39 Å². The molecule has 16 heavy (non-hydrogen) atoms. The molecule has 0 amide bonds. The van der Waals surface area contributed by atoms with Crippen molar-refractivity contribution in [2.75, 3.05) is 13.6 Å². The number of hydrogen-bond acceptors (Lipinski definition) is 3. The summed E-state index contributed by atoms with van der Waals surface area (Å²) in [5.41, 5.74) is 0.399. The molecular weight excluding hydrogens is 205 g/mol. The predicted molar refractivity (Wildman–Crippen MR) is 57.9 cm³/mol. The predicted octanol–water partition coefficient (Wildman–Crippen LogP) is 2.13. The Morgan fingerprint density at radius 1 is 1.62 bits per heavy atom. The minimum atomic E-state index is -0.318. The van der Waals surface area contributed by atoms with Gasteiger partial charge in [0.15, 0.2) is 0 Å². The molecule has 0 aliphatic carbocycles. The first-order valence-electron chi connectivity index (χ1n) is 5.44. The molecule has 1 aromatic heterocycles. The first kappa shape index (κ1) is 11.0. The zero-order chi connectivity index (χ0) is 11.5. The largest absolute Gasteiger partial charge is 0.297 e. The van der Waals surface area contributed by atoms with E-state index in [1.807, 2.05) is 11.9 Å². The second-order valence-corrected chi connectivity index (χ2v) is 4.17. The van der Waals surface area contributed by atoms with Crippen LogP contribution in [0.3, 0.4) is 0 Å². The molecule has 1 saturated heterocycles. The topological polar surface area (TPSA) is 39.9 Å². The number of pyridine rings is 1. The van der Waals surface area contributed by atoms with Gasteiger partial charge in [0, 0.05) is 6.20 Å². The molecule has 84 valence electrons. The summed E-state index contributed by atoms with van der Waals surface area (Å²) in [5.74, 6) is -0.482. The summed E-state index contributed by atoms with van der Waals surface area (Å²) >= 11 is 0. The normalized spacial score (nSPS) is 26.3. The Morgan fingerprint density at radius 3 is 3.12 bits per heavy atom. The van der Waals surface area contributed by atoms with Gasteiger partial charge in [-0.1, -0.05) is 0 Å². The number of aromatic nitrogens is 1. The van der Waals surface area contributed by atoms with Crippen molar-refractivity contribution in [1.29, 1.82) is 5.26 Å². The number of hydrogen-bond donors (Lipinski definition) is 0. The van der Waals surface area contributed by atoms with Crippen LogP contribution in [0.15, 0.2) is 18.3 Å². The average molecular weight is 219 g/mol. The van der Waals surface area contributed by atoms with Gasteiger partial charge in [-0.3, -0.25) is 9.88 Å². The van der Waals surface area contributed by atoms with Crippen molar-refractivity contribution in [3.05, 3.63) is 29.8 Å². The summed E-state index contributed by atoms with van der Waals surface area (Å²) < 4.78 is 13.7. The van der Waals surface area contributed by atoms with Gasteiger partial charge in [-0.05, 0) is 38.6 Å². The summed E-state index contributed by atoms with van der Waals surface area (Å²) in [4.78, 5) is 6.10. The van der Waals surface area contributed by atoms with E-state index in [2.05, 4.69) is 11.1 Å². The van der Waals surface area contributed by atoms with E-state index in [-0.39, 0.29) is 17.8 Å². The summed E-state index contributed by atoms with van der Waals surface area (Å²) in [6.45, 7) is 0.888. The number of rotatable bonds is 1. The Labute approximate surface area is 94.5 Å². The van der Waals surface area contributed by atoms with E-state index in [0.29, 0.717) is 5.69 Å². The minimum absolute atomic E-state index is 0.164. The standard InChI is InChI=1S/C12H14FN3/c1-16-7-3-4-9(8-14)12(16)11-10(13)5-2-6-15-11/h2,5-6,9,12H,3-4,7H2,1H3. The summed E-state index contributed by atoms with van der Waals surface area (Å²) in [6.07, 6.45) is 3.39. The first-order valence-corrected chi connectivity index (χ1v) is 5.44. The van der Waals surface area contributed by atoms with Crippen molar-refractivity contribution in [2.45, 2.75) is 18.9 Å². The van der Waals surface area contributed by atoms with E-state index in [1.165, 1.54) is 6.07 Å². The lowest BCUT2D eigenvalue weighted by atomic mass is 9.88. The Kier molecular flexibility index (Phi) is 3.16. The van der Waals surface area contributed by atoms with Crippen LogP contribution in [0.4, 0.5) is 4.39 Å². The molecule has 0 spiro atoms. The molecule has 1 fully saturated rings. The van der Waals surface area contributed by atoms with Crippen LogP contribution in [-0.2, 0) is 0 Å². The molecule has 4 heteroatoms. The van der Waals surface area contributed by atoms with Gasteiger partial charge in [0.25, 0.3) is 0 Å². The fourth-order valence-corrected chi connectivity index (χ4v) is 2.31. The second kappa shape index (κ2) is 4.58. The van der Waals surface area contributed by atoms with Gasteiger partial charge in [0.05, 0.1) is 23.7 Å². The van der Waals surface area contributed by atoms with Crippen molar-refractivity contribution >= 4 is 0 Å². The fraction of sp³-hybridized carbons (Fsp3) is 0.500. The van der Waals surface area contributed by atoms with Gasteiger partial charge < -0.3 is 0 Å². The summed E-state index contributed by atoms with van der Waals surface area (Å²) in [6, 6.07) is 5.03. The number of halogens is 1. The third-order valence-electron chi connectivity index (χ3n) is 3.11. The molecule has 0 N–H and O–H groups in total. The smallest absolute Gasteiger partial charge is 0.146 e. The summed E-state index contributed by atoms with van der Waals surface area (Å²) in [5, 5.41) is 9.10. The molecule has 0 bridgehead atoms. The lowest BCUT2D eigenvalue weighted by Crippen LogP contribution is -2.36. The number of piperidine rings is 1. The summed E-state index contributed by atoms with van der Waals surface area (Å²) in [7, 11) is 1.92. The Morgan fingerprint density at radius 2 is 2.44 bits per heavy atom. The monoisotopic (exact) mass is 219 g/mol. The van der Waals surface area contributed by atoms with Crippen LogP contribution in [0.2, 0.25) is 0 Å². The molecule has 2 unspecified atom stereocenters. The van der Waals surface area contributed by atoms with E-state index < -0.39 is 0 Å². The quantitative estimate of drug-likeness (QED) is 0.726. The highest BCUT2D eigenvalue weighted by atomic mass is 19.1. The van der Waals surface area contributed by atoms with Crippen LogP contribution < -0.4 is 0 Å². The zero-order valence-electron chi connectivity index (χ0n) is 9.23. The highest BCUT2D eigenvalue weighted by Crippen LogP contribution is 2.34. The number of nitrogens with zero attached hydrogens (tertiary/aromatic N) is 3. The van der Waals surface area contributed by atoms with Crippen LogP contribution >= 0.6 is 0 Å². The third kappa shape index (κ3) is 1.91. The second-order valence-electron chi connectivity index (χ2n) is 4.17. The molecule has 0 aromatic carbocycles. The Hall–Kier alpha value is -1.47. The fourth-order valence-electron chi connectivity index (χ4n) is 2.31. The molecule has 0 saturated carbocycles. The van der Waals surface area contributed by atoms with Gasteiger partial charge >= 0.3 is 0 Å². The van der Waals surface area contributed by atoms with Gasteiger partial charge in [-0.2, -0.15) is 5.26 Å². The molecule has 0 radical (unpaired) electrons. The third-order valence-corrected chi connectivity index (χ3v) is 3.11.